The van der Waals surface area contributed by atoms with Gasteiger partial charge in [-0.05, 0) is 13.3 Å². The van der Waals surface area contributed by atoms with Gasteiger partial charge in [-0.3, -0.25) is 0 Å². The van der Waals surface area contributed by atoms with Crippen molar-refractivity contribution in [3.63, 3.8) is 0 Å². The summed E-state index contributed by atoms with van der Waals surface area (Å²) < 4.78 is 5.12. The molecule has 0 aliphatic rings. The van der Waals surface area contributed by atoms with E-state index >= 15 is 0 Å². The number of carbonyl (C=O) groups is 1. The van der Waals surface area contributed by atoms with Crippen LogP contribution < -0.4 is 0 Å². The number of rotatable bonds is 7. The van der Waals surface area contributed by atoms with E-state index in [0.29, 0.717) is 12.2 Å². The highest BCUT2D eigenvalue weighted by Gasteiger charge is 2.05. The largest absolute Gasteiger partial charge is 0.462 e. The lowest BCUT2D eigenvalue weighted by atomic mass is 10.2. The number of hydrogen-bond donors (Lipinski definition) is 0. The lowest BCUT2D eigenvalue weighted by molar-refractivity contribution is -0.139. The van der Waals surface area contributed by atoms with Crippen molar-refractivity contribution >= 4 is 5.97 Å². The van der Waals surface area contributed by atoms with Gasteiger partial charge in [0.05, 0.1) is 6.61 Å². The second kappa shape index (κ2) is 8.33. The molecule has 0 aliphatic carbocycles. The summed E-state index contributed by atoms with van der Waals surface area (Å²) in [5.74, 6) is -0.208. The zero-order valence-corrected chi connectivity index (χ0v) is 10.4. The molecule has 0 saturated heterocycles. The van der Waals surface area contributed by atoms with E-state index in [-0.39, 0.29) is 5.97 Å². The molecular formula is C12H23NO2. The summed E-state index contributed by atoms with van der Waals surface area (Å²) in [6.45, 7) is 4.47. The first-order chi connectivity index (χ1) is 7.07. The second-order valence-electron chi connectivity index (χ2n) is 3.97. The van der Waals surface area contributed by atoms with Crippen LogP contribution in [-0.2, 0) is 9.53 Å². The van der Waals surface area contributed by atoms with Crippen molar-refractivity contribution in [3.05, 3.63) is 11.8 Å². The fraction of sp³-hybridized carbons (Fsp3) is 0.750. The number of ether oxygens (including phenoxy) is 1. The Morgan fingerprint density at radius 1 is 1.27 bits per heavy atom. The summed E-state index contributed by atoms with van der Waals surface area (Å²) in [6, 6.07) is 0. The third kappa shape index (κ3) is 8.03. The van der Waals surface area contributed by atoms with Gasteiger partial charge in [-0.15, -0.1) is 0 Å². The molecule has 0 atom stereocenters. The van der Waals surface area contributed by atoms with Gasteiger partial charge in [-0.1, -0.05) is 26.2 Å². The van der Waals surface area contributed by atoms with Crippen LogP contribution in [0, 0.1) is 0 Å². The average Bonchev–Trinajstić information content (AvgIpc) is 2.16. The van der Waals surface area contributed by atoms with Crippen LogP contribution in [0.4, 0.5) is 0 Å². The predicted molar refractivity (Wildman–Crippen MR) is 62.5 cm³/mol. The molecule has 0 fully saturated rings. The van der Waals surface area contributed by atoms with E-state index in [1.165, 1.54) is 12.8 Å². The predicted octanol–water partition coefficient (Wildman–Crippen LogP) is 2.58. The van der Waals surface area contributed by atoms with Crippen LogP contribution >= 0.6 is 0 Å². The third-order valence-corrected chi connectivity index (χ3v) is 2.00. The van der Waals surface area contributed by atoms with Crippen molar-refractivity contribution in [3.8, 4) is 0 Å². The molecule has 0 N–H and O–H groups in total. The molecule has 0 aromatic carbocycles. The van der Waals surface area contributed by atoms with Crippen LogP contribution in [0.25, 0.3) is 0 Å². The summed E-state index contributed by atoms with van der Waals surface area (Å²) >= 11 is 0. The molecule has 0 heterocycles. The molecule has 3 heteroatoms. The van der Waals surface area contributed by atoms with Crippen LogP contribution in [0.1, 0.15) is 39.5 Å². The Morgan fingerprint density at radius 3 is 2.47 bits per heavy atom. The van der Waals surface area contributed by atoms with Gasteiger partial charge in [0.1, 0.15) is 0 Å². The lowest BCUT2D eigenvalue weighted by Crippen LogP contribution is -2.11. The van der Waals surface area contributed by atoms with Crippen molar-refractivity contribution in [1.29, 1.82) is 0 Å². The average molecular weight is 213 g/mol. The molecule has 0 saturated carbocycles. The Labute approximate surface area is 93.1 Å². The number of carbonyl (C=O) groups excluding carboxylic acids is 1. The minimum absolute atomic E-state index is 0.208. The minimum Gasteiger partial charge on any atom is -0.462 e. The van der Waals surface area contributed by atoms with Gasteiger partial charge in [0.15, 0.2) is 0 Å². The topological polar surface area (TPSA) is 29.5 Å². The van der Waals surface area contributed by atoms with E-state index in [1.807, 2.05) is 19.0 Å². The van der Waals surface area contributed by atoms with E-state index in [1.54, 1.807) is 13.1 Å². The fourth-order valence-corrected chi connectivity index (χ4v) is 1.25. The monoisotopic (exact) mass is 213 g/mol. The number of esters is 1. The highest BCUT2D eigenvalue weighted by atomic mass is 16.5. The summed E-state index contributed by atoms with van der Waals surface area (Å²) in [4.78, 5) is 13.2. The molecule has 15 heavy (non-hydrogen) atoms. The first-order valence-electron chi connectivity index (χ1n) is 5.60. The van der Waals surface area contributed by atoms with Crippen LogP contribution in [0.5, 0.6) is 0 Å². The zero-order valence-electron chi connectivity index (χ0n) is 10.4. The highest BCUT2D eigenvalue weighted by molar-refractivity contribution is 5.87. The summed E-state index contributed by atoms with van der Waals surface area (Å²) in [7, 11) is 3.77. The summed E-state index contributed by atoms with van der Waals surface area (Å²) in [6.07, 6.45) is 6.29. The summed E-state index contributed by atoms with van der Waals surface area (Å²) in [5.41, 5.74) is 0.649. The van der Waals surface area contributed by atoms with Gasteiger partial charge in [0.2, 0.25) is 0 Å². The molecule has 88 valence electrons. The van der Waals surface area contributed by atoms with Crippen molar-refractivity contribution in [2.45, 2.75) is 39.5 Å². The van der Waals surface area contributed by atoms with Crippen LogP contribution in [0.3, 0.4) is 0 Å². The number of hydrogen-bond acceptors (Lipinski definition) is 3. The molecule has 0 radical (unpaired) electrons. The molecule has 3 nitrogen and oxygen atoms in total. The first kappa shape index (κ1) is 14.0. The van der Waals surface area contributed by atoms with E-state index in [2.05, 4.69) is 6.92 Å². The second-order valence-corrected chi connectivity index (χ2v) is 3.97. The molecule has 0 aromatic rings. The van der Waals surface area contributed by atoms with Gasteiger partial charge in [0.25, 0.3) is 0 Å². The van der Waals surface area contributed by atoms with Crippen LogP contribution in [-0.4, -0.2) is 31.6 Å². The van der Waals surface area contributed by atoms with Gasteiger partial charge in [-0.25, -0.2) is 4.79 Å². The molecule has 0 bridgehead atoms. The van der Waals surface area contributed by atoms with E-state index < -0.39 is 0 Å². The zero-order chi connectivity index (χ0) is 11.7. The molecule has 0 unspecified atom stereocenters. The maximum Gasteiger partial charge on any atom is 0.335 e. The fourth-order valence-electron chi connectivity index (χ4n) is 1.25. The first-order valence-corrected chi connectivity index (χ1v) is 5.60. The van der Waals surface area contributed by atoms with Crippen LogP contribution in [0.2, 0.25) is 0 Å². The molecule has 0 spiro atoms. The molecule has 0 rings (SSSR count). The smallest absolute Gasteiger partial charge is 0.335 e. The molecule has 0 aromatic heterocycles. The van der Waals surface area contributed by atoms with E-state index in [0.717, 1.165) is 12.8 Å². The van der Waals surface area contributed by atoms with Crippen molar-refractivity contribution in [1.82, 2.24) is 4.90 Å². The van der Waals surface area contributed by atoms with Gasteiger partial charge >= 0.3 is 5.97 Å². The Balaban J connectivity index is 3.65. The van der Waals surface area contributed by atoms with Crippen LogP contribution in [0.15, 0.2) is 11.8 Å². The Hall–Kier alpha value is -0.990. The SMILES string of the molecule is CCCCCCOC(=O)C(C)=CN(C)C. The maximum absolute atomic E-state index is 11.4. The normalized spacial score (nSPS) is 11.3. The van der Waals surface area contributed by atoms with Gasteiger partial charge in [0, 0.05) is 25.9 Å². The summed E-state index contributed by atoms with van der Waals surface area (Å²) in [5, 5.41) is 0. The molecule has 0 aliphatic heterocycles. The Bertz CT molecular complexity index is 210. The van der Waals surface area contributed by atoms with Crippen molar-refractivity contribution in [2.75, 3.05) is 20.7 Å². The number of unbranched alkanes of at least 4 members (excludes halogenated alkanes) is 3. The minimum atomic E-state index is -0.208. The van der Waals surface area contributed by atoms with Gasteiger partial charge < -0.3 is 9.64 Å². The van der Waals surface area contributed by atoms with E-state index in [4.69, 9.17) is 4.74 Å². The van der Waals surface area contributed by atoms with Gasteiger partial charge in [-0.2, -0.15) is 0 Å². The van der Waals surface area contributed by atoms with Crippen molar-refractivity contribution < 1.29 is 9.53 Å². The lowest BCUT2D eigenvalue weighted by Gasteiger charge is -2.08. The van der Waals surface area contributed by atoms with Crippen molar-refractivity contribution in [2.24, 2.45) is 0 Å². The molecular weight excluding hydrogens is 190 g/mol. The standard InChI is InChI=1S/C12H23NO2/c1-5-6-7-8-9-15-12(14)11(2)10-13(3)4/h10H,5-9H2,1-4H3. The maximum atomic E-state index is 11.4. The quantitative estimate of drug-likeness (QED) is 0.370. The Kier molecular flexibility index (Phi) is 7.78. The highest BCUT2D eigenvalue weighted by Crippen LogP contribution is 2.02. The van der Waals surface area contributed by atoms with E-state index in [9.17, 15) is 4.79 Å². The number of nitrogens with zero attached hydrogens (tertiary/aromatic N) is 1. The third-order valence-electron chi connectivity index (χ3n) is 2.00. The Morgan fingerprint density at radius 2 is 1.93 bits per heavy atom. The molecule has 0 amide bonds.